The number of phenols is 1. The van der Waals surface area contributed by atoms with E-state index >= 15 is 0 Å². The van der Waals surface area contributed by atoms with Gasteiger partial charge in [0.15, 0.2) is 0 Å². The van der Waals surface area contributed by atoms with Crippen LogP contribution in [0.2, 0.25) is 0 Å². The summed E-state index contributed by atoms with van der Waals surface area (Å²) in [6, 6.07) is 6.38. The molecule has 86 valence electrons. The van der Waals surface area contributed by atoms with Gasteiger partial charge < -0.3 is 10.0 Å². The molecule has 0 bridgehead atoms. The number of carbonyl (C=O) groups excluding carboxylic acids is 1. The Morgan fingerprint density at radius 2 is 1.94 bits per heavy atom. The fourth-order valence-electron chi connectivity index (χ4n) is 1.23. The van der Waals surface area contributed by atoms with Crippen molar-refractivity contribution in [3.63, 3.8) is 0 Å². The summed E-state index contributed by atoms with van der Waals surface area (Å²) in [6.45, 7) is -0.549. The molecule has 0 saturated carbocycles. The lowest BCUT2D eigenvalue weighted by molar-refractivity contribution is 0.0791. The molecule has 0 aliphatic carbocycles. The summed E-state index contributed by atoms with van der Waals surface area (Å²) in [5, 5.41) is 26.4. The standard InChI is InChI=1S/C11H8FN3O2/c12-8-1-2-9(10(16)7-8)11(17)15(5-3-13)6-4-14/h1-2,7,16H,5-6H2. The average Bonchev–Trinajstić information content (AvgIpc) is 2.28. The second kappa shape index (κ2) is 5.47. The molecule has 0 atom stereocenters. The van der Waals surface area contributed by atoms with E-state index in [2.05, 4.69) is 0 Å². The highest BCUT2D eigenvalue weighted by Crippen LogP contribution is 2.19. The number of hydrogen-bond acceptors (Lipinski definition) is 4. The predicted octanol–water partition coefficient (Wildman–Crippen LogP) is 1.02. The third-order valence-corrected chi connectivity index (χ3v) is 2.00. The van der Waals surface area contributed by atoms with Gasteiger partial charge in [-0.15, -0.1) is 0 Å². The van der Waals surface area contributed by atoms with E-state index in [4.69, 9.17) is 10.5 Å². The smallest absolute Gasteiger partial charge is 0.259 e. The Morgan fingerprint density at radius 3 is 2.41 bits per heavy atom. The van der Waals surface area contributed by atoms with Crippen molar-refractivity contribution in [2.45, 2.75) is 0 Å². The molecule has 1 rings (SSSR count). The van der Waals surface area contributed by atoms with E-state index in [-0.39, 0.29) is 18.7 Å². The van der Waals surface area contributed by atoms with Gasteiger partial charge in [0, 0.05) is 6.07 Å². The van der Waals surface area contributed by atoms with Crippen molar-refractivity contribution in [2.24, 2.45) is 0 Å². The lowest BCUT2D eigenvalue weighted by atomic mass is 10.1. The van der Waals surface area contributed by atoms with Gasteiger partial charge in [-0.3, -0.25) is 4.79 Å². The molecule has 1 aromatic rings. The van der Waals surface area contributed by atoms with E-state index in [0.29, 0.717) is 0 Å². The number of rotatable bonds is 3. The Kier molecular flexibility index (Phi) is 4.02. The zero-order valence-corrected chi connectivity index (χ0v) is 8.72. The zero-order valence-electron chi connectivity index (χ0n) is 8.72. The molecule has 0 aromatic heterocycles. The lowest BCUT2D eigenvalue weighted by Gasteiger charge is -2.16. The highest BCUT2D eigenvalue weighted by Gasteiger charge is 2.18. The summed E-state index contributed by atoms with van der Waals surface area (Å²) in [6.07, 6.45) is 0. The molecule has 1 N–H and O–H groups in total. The highest BCUT2D eigenvalue weighted by molar-refractivity contribution is 5.97. The molecule has 0 unspecified atom stereocenters. The van der Waals surface area contributed by atoms with E-state index in [1.54, 1.807) is 12.1 Å². The Bertz CT molecular complexity index is 500. The van der Waals surface area contributed by atoms with Gasteiger partial charge in [0.2, 0.25) is 0 Å². The topological polar surface area (TPSA) is 88.1 Å². The van der Waals surface area contributed by atoms with E-state index in [0.717, 1.165) is 23.1 Å². The lowest BCUT2D eigenvalue weighted by Crippen LogP contribution is -2.31. The van der Waals surface area contributed by atoms with Crippen LogP contribution in [0.5, 0.6) is 5.75 Å². The first-order valence-electron chi connectivity index (χ1n) is 4.62. The van der Waals surface area contributed by atoms with Crippen LogP contribution in [-0.4, -0.2) is 29.0 Å². The molecule has 0 aliphatic heterocycles. The van der Waals surface area contributed by atoms with Crippen LogP contribution >= 0.6 is 0 Å². The van der Waals surface area contributed by atoms with Crippen molar-refractivity contribution in [3.05, 3.63) is 29.6 Å². The summed E-state index contributed by atoms with van der Waals surface area (Å²) in [7, 11) is 0. The molecule has 1 amide bonds. The Morgan fingerprint density at radius 1 is 1.35 bits per heavy atom. The summed E-state index contributed by atoms with van der Waals surface area (Å²) in [4.78, 5) is 12.7. The highest BCUT2D eigenvalue weighted by atomic mass is 19.1. The van der Waals surface area contributed by atoms with E-state index < -0.39 is 17.5 Å². The maximum absolute atomic E-state index is 12.7. The molecule has 0 radical (unpaired) electrons. The van der Waals surface area contributed by atoms with Gasteiger partial charge in [-0.25, -0.2) is 4.39 Å². The number of nitriles is 2. The summed E-state index contributed by atoms with van der Waals surface area (Å²) >= 11 is 0. The molecule has 0 fully saturated rings. The third kappa shape index (κ3) is 2.93. The number of phenolic OH excluding ortho intramolecular Hbond substituents is 1. The van der Waals surface area contributed by atoms with Crippen LogP contribution in [0, 0.1) is 28.5 Å². The maximum Gasteiger partial charge on any atom is 0.259 e. The quantitative estimate of drug-likeness (QED) is 0.789. The van der Waals surface area contributed by atoms with Gasteiger partial charge in [-0.1, -0.05) is 0 Å². The fourth-order valence-corrected chi connectivity index (χ4v) is 1.23. The molecule has 6 heteroatoms. The summed E-state index contributed by atoms with van der Waals surface area (Å²) < 4.78 is 12.7. The first-order chi connectivity index (χ1) is 8.10. The molecular formula is C11H8FN3O2. The first-order valence-corrected chi connectivity index (χ1v) is 4.62. The molecule has 0 heterocycles. The molecule has 0 saturated heterocycles. The molecule has 1 aromatic carbocycles. The van der Waals surface area contributed by atoms with Crippen molar-refractivity contribution >= 4 is 5.91 Å². The maximum atomic E-state index is 12.7. The minimum atomic E-state index is -0.689. The second-order valence-electron chi connectivity index (χ2n) is 3.14. The Balaban J connectivity index is 3.02. The van der Waals surface area contributed by atoms with Gasteiger partial charge in [0.25, 0.3) is 5.91 Å². The Hall–Kier alpha value is -2.60. The van der Waals surface area contributed by atoms with Gasteiger partial charge in [0.1, 0.15) is 24.7 Å². The fraction of sp³-hybridized carbons (Fsp3) is 0.182. The molecule has 0 spiro atoms. The van der Waals surface area contributed by atoms with Crippen molar-refractivity contribution in [1.29, 1.82) is 10.5 Å². The number of amides is 1. The minimum absolute atomic E-state index is 0.142. The SMILES string of the molecule is N#CCN(CC#N)C(=O)c1ccc(F)cc1O. The normalized spacial score (nSPS) is 9.12. The zero-order chi connectivity index (χ0) is 12.8. The van der Waals surface area contributed by atoms with Gasteiger partial charge >= 0.3 is 0 Å². The van der Waals surface area contributed by atoms with E-state index in [1.165, 1.54) is 0 Å². The largest absolute Gasteiger partial charge is 0.507 e. The summed E-state index contributed by atoms with van der Waals surface area (Å²) in [5.41, 5.74) is -0.142. The number of carbonyl (C=O) groups is 1. The molecular weight excluding hydrogens is 225 g/mol. The third-order valence-electron chi connectivity index (χ3n) is 2.00. The first kappa shape index (κ1) is 12.5. The number of benzene rings is 1. The van der Waals surface area contributed by atoms with Gasteiger partial charge in [-0.05, 0) is 12.1 Å². The van der Waals surface area contributed by atoms with Crippen LogP contribution < -0.4 is 0 Å². The van der Waals surface area contributed by atoms with Crippen LogP contribution in [0.1, 0.15) is 10.4 Å². The predicted molar refractivity (Wildman–Crippen MR) is 55.2 cm³/mol. The molecule has 5 nitrogen and oxygen atoms in total. The Labute approximate surface area is 96.9 Å². The van der Waals surface area contributed by atoms with Crippen LogP contribution in [0.15, 0.2) is 18.2 Å². The van der Waals surface area contributed by atoms with Crippen LogP contribution in [0.4, 0.5) is 4.39 Å². The van der Waals surface area contributed by atoms with E-state index in [1.807, 2.05) is 0 Å². The monoisotopic (exact) mass is 233 g/mol. The number of halogens is 1. The van der Waals surface area contributed by atoms with Crippen LogP contribution in [0.3, 0.4) is 0 Å². The van der Waals surface area contributed by atoms with E-state index in [9.17, 15) is 14.3 Å². The number of aromatic hydroxyl groups is 1. The summed E-state index contributed by atoms with van der Waals surface area (Å²) in [5.74, 6) is -1.88. The van der Waals surface area contributed by atoms with Crippen molar-refractivity contribution in [1.82, 2.24) is 4.90 Å². The molecule has 17 heavy (non-hydrogen) atoms. The van der Waals surface area contributed by atoms with Gasteiger partial charge in [-0.2, -0.15) is 10.5 Å². The minimum Gasteiger partial charge on any atom is -0.507 e. The van der Waals surface area contributed by atoms with Crippen LogP contribution in [0.25, 0.3) is 0 Å². The van der Waals surface area contributed by atoms with Crippen molar-refractivity contribution < 1.29 is 14.3 Å². The van der Waals surface area contributed by atoms with Crippen molar-refractivity contribution in [2.75, 3.05) is 13.1 Å². The number of nitrogens with zero attached hydrogens (tertiary/aromatic N) is 3. The average molecular weight is 233 g/mol. The van der Waals surface area contributed by atoms with Crippen molar-refractivity contribution in [3.8, 4) is 17.9 Å². The number of hydrogen-bond donors (Lipinski definition) is 1. The van der Waals surface area contributed by atoms with Crippen LogP contribution in [-0.2, 0) is 0 Å². The molecule has 0 aliphatic rings. The second-order valence-corrected chi connectivity index (χ2v) is 3.14. The van der Waals surface area contributed by atoms with Gasteiger partial charge in [0.05, 0.1) is 17.7 Å².